The molecule has 5 rings (SSSR count). The van der Waals surface area contributed by atoms with Gasteiger partial charge in [0.25, 0.3) is 5.91 Å². The highest BCUT2D eigenvalue weighted by Crippen LogP contribution is 2.40. The lowest BCUT2D eigenvalue weighted by molar-refractivity contribution is 0.0622. The van der Waals surface area contributed by atoms with Gasteiger partial charge in [-0.1, -0.05) is 84.4 Å². The van der Waals surface area contributed by atoms with Crippen LogP contribution in [0.3, 0.4) is 0 Å². The van der Waals surface area contributed by atoms with Crippen LogP contribution in [0.4, 0.5) is 4.39 Å². The molecule has 3 aromatic carbocycles. The first-order valence-corrected chi connectivity index (χ1v) is 12.2. The number of rotatable bonds is 6. The second kappa shape index (κ2) is 10.1. The van der Waals surface area contributed by atoms with Crippen LogP contribution in [0.15, 0.2) is 89.9 Å². The lowest BCUT2D eigenvalue weighted by Gasteiger charge is -2.40. The summed E-state index contributed by atoms with van der Waals surface area (Å²) in [7, 11) is 0. The number of nitrogens with zero attached hydrogens (tertiary/aromatic N) is 2. The van der Waals surface area contributed by atoms with Gasteiger partial charge in [0.2, 0.25) is 5.43 Å². The average Bonchev–Trinajstić information content (AvgIpc) is 2.92. The van der Waals surface area contributed by atoms with E-state index in [9.17, 15) is 29.0 Å². The van der Waals surface area contributed by atoms with Gasteiger partial charge in [0.05, 0.1) is 11.1 Å². The molecule has 0 saturated carbocycles. The summed E-state index contributed by atoms with van der Waals surface area (Å²) in [5.74, 6) is -4.30. The molecule has 4 aromatic rings. The van der Waals surface area contributed by atoms with E-state index in [2.05, 4.69) is 0 Å². The molecule has 1 aromatic heterocycles. The van der Waals surface area contributed by atoms with Crippen LogP contribution >= 0.6 is 11.6 Å². The number of hydrogen-bond acceptors (Lipinski definition) is 4. The second-order valence-corrected chi connectivity index (χ2v) is 9.45. The number of aromatic carboxylic acids is 1. The fourth-order valence-electron chi connectivity index (χ4n) is 5.03. The van der Waals surface area contributed by atoms with Crippen molar-refractivity contribution in [3.8, 4) is 5.75 Å². The van der Waals surface area contributed by atoms with Crippen LogP contribution < -0.4 is 5.43 Å². The van der Waals surface area contributed by atoms with Crippen LogP contribution in [0.25, 0.3) is 0 Å². The molecule has 0 aliphatic carbocycles. The van der Waals surface area contributed by atoms with E-state index >= 15 is 0 Å². The number of hydrogen-bond donors (Lipinski definition) is 2. The molecule has 2 N–H and O–H groups in total. The third-order valence-electron chi connectivity index (χ3n) is 6.79. The maximum absolute atomic E-state index is 14.8. The van der Waals surface area contributed by atoms with Crippen LogP contribution in [0.2, 0.25) is 5.02 Å². The Bertz CT molecular complexity index is 1550. The summed E-state index contributed by atoms with van der Waals surface area (Å²) in [5.41, 5.74) is -0.268. The summed E-state index contributed by atoms with van der Waals surface area (Å²) in [6.45, 7) is -0.139. The van der Waals surface area contributed by atoms with Gasteiger partial charge in [0.15, 0.2) is 11.4 Å². The Hall–Kier alpha value is -4.43. The minimum absolute atomic E-state index is 0.0353. The van der Waals surface area contributed by atoms with Crippen LogP contribution in [0.1, 0.15) is 49.5 Å². The molecule has 2 heterocycles. The number of carbonyl (C=O) groups excluding carboxylic acids is 1. The van der Waals surface area contributed by atoms with E-state index in [-0.39, 0.29) is 29.4 Å². The van der Waals surface area contributed by atoms with Gasteiger partial charge in [-0.2, -0.15) is 0 Å². The van der Waals surface area contributed by atoms with Gasteiger partial charge < -0.3 is 19.7 Å². The van der Waals surface area contributed by atoms with Crippen molar-refractivity contribution in [2.75, 3.05) is 6.54 Å². The van der Waals surface area contributed by atoms with Crippen molar-refractivity contribution in [3.63, 3.8) is 0 Å². The number of aromatic hydroxyl groups is 1. The Morgan fingerprint density at radius 3 is 2.16 bits per heavy atom. The molecule has 7 nitrogen and oxygen atoms in total. The summed E-state index contributed by atoms with van der Waals surface area (Å²) >= 11 is 5.96. The van der Waals surface area contributed by atoms with Crippen molar-refractivity contribution in [2.24, 2.45) is 0 Å². The zero-order valence-electron chi connectivity index (χ0n) is 19.9. The van der Waals surface area contributed by atoms with Gasteiger partial charge in [-0.15, -0.1) is 0 Å². The molecule has 1 atom stereocenters. The van der Waals surface area contributed by atoms with Gasteiger partial charge >= 0.3 is 5.97 Å². The first kappa shape index (κ1) is 25.2. The van der Waals surface area contributed by atoms with Crippen molar-refractivity contribution in [3.05, 3.63) is 134 Å². The number of amides is 1. The number of carboxylic acid groups (broad SMARTS) is 1. The number of carbonyl (C=O) groups is 2. The molecule has 0 fully saturated rings. The molecule has 0 spiro atoms. The van der Waals surface area contributed by atoms with E-state index in [0.29, 0.717) is 0 Å². The van der Waals surface area contributed by atoms with E-state index < -0.39 is 46.4 Å². The molecule has 0 radical (unpaired) electrons. The number of carboxylic acids is 1. The van der Waals surface area contributed by atoms with Gasteiger partial charge in [-0.3, -0.25) is 9.59 Å². The van der Waals surface area contributed by atoms with Gasteiger partial charge in [0, 0.05) is 30.8 Å². The van der Waals surface area contributed by atoms with Crippen molar-refractivity contribution >= 4 is 23.5 Å². The molecule has 0 saturated heterocycles. The first-order valence-electron chi connectivity index (χ1n) is 11.8. The molecule has 0 bridgehead atoms. The number of aromatic nitrogens is 1. The maximum Gasteiger partial charge on any atom is 0.341 e. The molecular formula is C29H22ClFN2O5. The number of halogens is 2. The smallest absolute Gasteiger partial charge is 0.341 e. The summed E-state index contributed by atoms with van der Waals surface area (Å²) in [6, 6.07) is 22.7. The summed E-state index contributed by atoms with van der Waals surface area (Å²) in [5, 5.41) is 20.4. The molecule has 1 amide bonds. The summed E-state index contributed by atoms with van der Waals surface area (Å²) in [4.78, 5) is 39.5. The van der Waals surface area contributed by atoms with Gasteiger partial charge in [-0.05, 0) is 17.2 Å². The van der Waals surface area contributed by atoms with Crippen molar-refractivity contribution in [1.82, 2.24) is 9.47 Å². The zero-order valence-corrected chi connectivity index (χ0v) is 20.7. The summed E-state index contributed by atoms with van der Waals surface area (Å²) in [6.07, 6.45) is 1.11. The fraction of sp³-hybridized carbons (Fsp3) is 0.138. The number of fused-ring (bicyclic) bond motifs is 1. The van der Waals surface area contributed by atoms with E-state index in [4.69, 9.17) is 11.6 Å². The Morgan fingerprint density at radius 2 is 1.58 bits per heavy atom. The molecule has 1 aliphatic rings. The average molecular weight is 533 g/mol. The normalized spacial score (nSPS) is 15.0. The Labute approximate surface area is 222 Å². The Kier molecular flexibility index (Phi) is 6.73. The Morgan fingerprint density at radius 1 is 0.974 bits per heavy atom. The lowest BCUT2D eigenvalue weighted by Crippen LogP contribution is -2.46. The van der Waals surface area contributed by atoms with Crippen molar-refractivity contribution in [2.45, 2.75) is 18.5 Å². The van der Waals surface area contributed by atoms with Crippen LogP contribution in [-0.2, 0) is 6.54 Å². The summed E-state index contributed by atoms with van der Waals surface area (Å²) < 4.78 is 16.2. The van der Waals surface area contributed by atoms with Crippen LogP contribution in [0, 0.1) is 5.82 Å². The molecular weight excluding hydrogens is 511 g/mol. The number of benzene rings is 3. The van der Waals surface area contributed by atoms with Crippen LogP contribution in [-0.4, -0.2) is 38.1 Å². The third-order valence-corrected chi connectivity index (χ3v) is 7.08. The highest BCUT2D eigenvalue weighted by molar-refractivity contribution is 6.30. The topological polar surface area (TPSA) is 99.8 Å². The number of pyridine rings is 1. The van der Waals surface area contributed by atoms with E-state index in [1.54, 1.807) is 6.07 Å². The quantitative estimate of drug-likeness (QED) is 0.361. The van der Waals surface area contributed by atoms with Crippen molar-refractivity contribution in [1.29, 1.82) is 0 Å². The minimum atomic E-state index is -1.52. The molecule has 192 valence electrons. The molecule has 1 unspecified atom stereocenters. The van der Waals surface area contributed by atoms with E-state index in [1.165, 1.54) is 21.6 Å². The van der Waals surface area contributed by atoms with Crippen molar-refractivity contribution < 1.29 is 24.2 Å². The first-order chi connectivity index (χ1) is 18.3. The lowest BCUT2D eigenvalue weighted by atomic mass is 9.83. The largest absolute Gasteiger partial charge is 0.503 e. The molecule has 38 heavy (non-hydrogen) atoms. The highest BCUT2D eigenvalue weighted by atomic mass is 35.5. The van der Waals surface area contributed by atoms with E-state index in [1.807, 2.05) is 60.7 Å². The second-order valence-electron chi connectivity index (χ2n) is 9.05. The predicted octanol–water partition coefficient (Wildman–Crippen LogP) is 5.07. The molecule has 1 aliphatic heterocycles. The zero-order chi connectivity index (χ0) is 27.0. The Balaban J connectivity index is 1.74. The third kappa shape index (κ3) is 4.43. The maximum atomic E-state index is 14.8. The fourth-order valence-corrected chi connectivity index (χ4v) is 5.22. The monoisotopic (exact) mass is 532 g/mol. The predicted molar refractivity (Wildman–Crippen MR) is 139 cm³/mol. The highest BCUT2D eigenvalue weighted by Gasteiger charge is 2.40. The van der Waals surface area contributed by atoms with Gasteiger partial charge in [0.1, 0.15) is 11.4 Å². The van der Waals surface area contributed by atoms with Crippen LogP contribution in [0.5, 0.6) is 5.75 Å². The van der Waals surface area contributed by atoms with E-state index in [0.717, 1.165) is 17.3 Å². The van der Waals surface area contributed by atoms with Gasteiger partial charge in [-0.25, -0.2) is 9.18 Å². The minimum Gasteiger partial charge on any atom is -0.503 e. The standard InChI is InChI=1S/C29H22ClFN2O5/c30-21-13-7-12-19(24(21)31)14-32-16-22(23(17-8-3-1-4-9-17)18-10-5-2-6-11-18)33-15-20(29(37)38)26(34)27(35)25(33)28(32)36/h1-13,15,22-23,35H,14,16H2,(H,37,38). The molecule has 9 heteroatoms. The SMILES string of the molecule is O=C(O)c1cn2c(c(O)c1=O)C(=O)N(Cc1cccc(Cl)c1F)CC2C(c1ccccc1)c1ccccc1.